The van der Waals surface area contributed by atoms with E-state index in [1.807, 2.05) is 6.07 Å². The Kier molecular flexibility index (Phi) is 5.22. The Balaban J connectivity index is 3.07. The number of ether oxygens (including phenoxy) is 1. The summed E-state index contributed by atoms with van der Waals surface area (Å²) in [7, 11) is 0. The molecule has 1 aromatic rings. The van der Waals surface area contributed by atoms with Crippen molar-refractivity contribution in [1.29, 1.82) is 5.26 Å². The van der Waals surface area contributed by atoms with Crippen LogP contribution in [0, 0.1) is 14.9 Å². The standard InChI is InChI=1S/C11H9BrINO2/c1-2-16-10(15)5-8-7(6-14)3-4-9(13)11(8)12/h3-4H,2,5H2,1H3. The zero-order valence-electron chi connectivity index (χ0n) is 8.59. The van der Waals surface area contributed by atoms with Crippen molar-refractivity contribution in [2.75, 3.05) is 6.61 Å². The lowest BCUT2D eigenvalue weighted by Gasteiger charge is -2.08. The van der Waals surface area contributed by atoms with Crippen molar-refractivity contribution in [2.45, 2.75) is 13.3 Å². The third-order valence-corrected chi connectivity index (χ3v) is 4.49. The van der Waals surface area contributed by atoms with E-state index in [1.165, 1.54) is 0 Å². The van der Waals surface area contributed by atoms with Gasteiger partial charge in [-0.2, -0.15) is 5.26 Å². The monoisotopic (exact) mass is 393 g/mol. The van der Waals surface area contributed by atoms with E-state index >= 15 is 0 Å². The first-order chi connectivity index (χ1) is 7.60. The smallest absolute Gasteiger partial charge is 0.310 e. The second kappa shape index (κ2) is 6.21. The Morgan fingerprint density at radius 2 is 2.31 bits per heavy atom. The maximum Gasteiger partial charge on any atom is 0.310 e. The van der Waals surface area contributed by atoms with Crippen LogP contribution < -0.4 is 0 Å². The van der Waals surface area contributed by atoms with E-state index in [-0.39, 0.29) is 12.4 Å². The van der Waals surface area contributed by atoms with Crippen molar-refractivity contribution in [2.24, 2.45) is 0 Å². The minimum Gasteiger partial charge on any atom is -0.466 e. The van der Waals surface area contributed by atoms with Crippen molar-refractivity contribution in [1.82, 2.24) is 0 Å². The van der Waals surface area contributed by atoms with Crippen LogP contribution in [0.5, 0.6) is 0 Å². The molecular formula is C11H9BrINO2. The zero-order valence-corrected chi connectivity index (χ0v) is 12.3. The second-order valence-corrected chi connectivity index (χ2v) is 4.94. The van der Waals surface area contributed by atoms with Gasteiger partial charge in [-0.25, -0.2) is 0 Å². The summed E-state index contributed by atoms with van der Waals surface area (Å²) in [5.41, 5.74) is 1.19. The average molecular weight is 394 g/mol. The van der Waals surface area contributed by atoms with Crippen molar-refractivity contribution >= 4 is 44.5 Å². The highest BCUT2D eigenvalue weighted by Crippen LogP contribution is 2.27. The lowest BCUT2D eigenvalue weighted by atomic mass is 10.1. The Morgan fingerprint density at radius 1 is 1.62 bits per heavy atom. The van der Waals surface area contributed by atoms with Crippen LogP contribution in [0.2, 0.25) is 0 Å². The first-order valence-electron chi connectivity index (χ1n) is 4.62. The van der Waals surface area contributed by atoms with E-state index < -0.39 is 0 Å². The fraction of sp³-hybridized carbons (Fsp3) is 0.273. The summed E-state index contributed by atoms with van der Waals surface area (Å²) in [6.07, 6.45) is 0.119. The number of esters is 1. The highest BCUT2D eigenvalue weighted by molar-refractivity contribution is 14.1. The quantitative estimate of drug-likeness (QED) is 0.585. The Labute approximate surface area is 116 Å². The largest absolute Gasteiger partial charge is 0.466 e. The summed E-state index contributed by atoms with van der Waals surface area (Å²) >= 11 is 5.53. The van der Waals surface area contributed by atoms with Crippen LogP contribution in [-0.4, -0.2) is 12.6 Å². The molecule has 84 valence electrons. The molecule has 0 bridgehead atoms. The third kappa shape index (κ3) is 3.19. The van der Waals surface area contributed by atoms with Crippen LogP contribution in [0.25, 0.3) is 0 Å². The number of benzene rings is 1. The van der Waals surface area contributed by atoms with E-state index in [0.29, 0.717) is 17.7 Å². The molecule has 0 heterocycles. The van der Waals surface area contributed by atoms with E-state index in [9.17, 15) is 4.79 Å². The topological polar surface area (TPSA) is 50.1 Å². The number of carbonyl (C=O) groups excluding carboxylic acids is 1. The molecule has 0 aliphatic carbocycles. The molecule has 0 saturated carbocycles. The predicted octanol–water partition coefficient (Wildman–Crippen LogP) is 3.03. The SMILES string of the molecule is CCOC(=O)Cc1c(C#N)ccc(I)c1Br. The molecule has 0 saturated heterocycles. The summed E-state index contributed by atoms with van der Waals surface area (Å²) in [5, 5.41) is 8.95. The molecule has 0 fully saturated rings. The van der Waals surface area contributed by atoms with Crippen LogP contribution in [-0.2, 0) is 16.0 Å². The Hall–Kier alpha value is -0.610. The highest BCUT2D eigenvalue weighted by Gasteiger charge is 2.14. The van der Waals surface area contributed by atoms with Gasteiger partial charge >= 0.3 is 5.97 Å². The molecule has 5 heteroatoms. The average Bonchev–Trinajstić information content (AvgIpc) is 2.25. The van der Waals surface area contributed by atoms with Gasteiger partial charge in [0.1, 0.15) is 0 Å². The van der Waals surface area contributed by atoms with Gasteiger partial charge < -0.3 is 4.74 Å². The molecule has 0 spiro atoms. The van der Waals surface area contributed by atoms with E-state index in [0.717, 1.165) is 8.04 Å². The lowest BCUT2D eigenvalue weighted by Crippen LogP contribution is -2.09. The van der Waals surface area contributed by atoms with Gasteiger partial charge in [-0.15, -0.1) is 0 Å². The number of hydrogen-bond acceptors (Lipinski definition) is 3. The number of rotatable bonds is 3. The molecule has 0 unspecified atom stereocenters. The molecule has 3 nitrogen and oxygen atoms in total. The fourth-order valence-electron chi connectivity index (χ4n) is 1.23. The van der Waals surface area contributed by atoms with E-state index in [1.54, 1.807) is 13.0 Å². The van der Waals surface area contributed by atoms with Crippen molar-refractivity contribution in [3.8, 4) is 6.07 Å². The Morgan fingerprint density at radius 3 is 2.88 bits per heavy atom. The van der Waals surface area contributed by atoms with Gasteiger partial charge in [0.2, 0.25) is 0 Å². The summed E-state index contributed by atoms with van der Waals surface area (Å²) < 4.78 is 6.63. The highest BCUT2D eigenvalue weighted by atomic mass is 127. The van der Waals surface area contributed by atoms with Gasteiger partial charge in [0, 0.05) is 8.04 Å². The van der Waals surface area contributed by atoms with E-state index in [2.05, 4.69) is 44.6 Å². The third-order valence-electron chi connectivity index (χ3n) is 1.94. The molecule has 16 heavy (non-hydrogen) atoms. The number of halogens is 2. The first kappa shape index (κ1) is 13.5. The van der Waals surface area contributed by atoms with Gasteiger partial charge in [-0.3, -0.25) is 4.79 Å². The molecule has 0 atom stereocenters. The molecule has 0 amide bonds. The molecule has 1 rings (SSSR count). The number of nitrogens with zero attached hydrogens (tertiary/aromatic N) is 1. The molecular weight excluding hydrogens is 385 g/mol. The number of carbonyl (C=O) groups is 1. The van der Waals surface area contributed by atoms with Crippen LogP contribution in [0.1, 0.15) is 18.1 Å². The molecule has 1 aromatic carbocycles. The van der Waals surface area contributed by atoms with Gasteiger partial charge in [0.05, 0.1) is 24.7 Å². The molecule has 0 aromatic heterocycles. The van der Waals surface area contributed by atoms with Gasteiger partial charge in [-0.05, 0) is 63.1 Å². The fourth-order valence-corrected chi connectivity index (χ4v) is 2.22. The van der Waals surface area contributed by atoms with E-state index in [4.69, 9.17) is 10.00 Å². The molecule has 0 aliphatic rings. The zero-order chi connectivity index (χ0) is 12.1. The Bertz CT molecular complexity index is 454. The molecule has 0 radical (unpaired) electrons. The number of hydrogen-bond donors (Lipinski definition) is 0. The van der Waals surface area contributed by atoms with Crippen molar-refractivity contribution in [3.63, 3.8) is 0 Å². The van der Waals surface area contributed by atoms with Crippen molar-refractivity contribution < 1.29 is 9.53 Å². The maximum atomic E-state index is 11.4. The summed E-state index contributed by atoms with van der Waals surface area (Å²) in [6, 6.07) is 5.61. The summed E-state index contributed by atoms with van der Waals surface area (Å²) in [5.74, 6) is -0.318. The minimum atomic E-state index is -0.318. The first-order valence-corrected chi connectivity index (χ1v) is 6.50. The van der Waals surface area contributed by atoms with Crippen molar-refractivity contribution in [3.05, 3.63) is 31.3 Å². The molecule has 0 aliphatic heterocycles. The number of nitriles is 1. The maximum absolute atomic E-state index is 11.4. The van der Waals surface area contributed by atoms with Crippen LogP contribution in [0.15, 0.2) is 16.6 Å². The summed E-state index contributed by atoms with van der Waals surface area (Å²) in [4.78, 5) is 11.4. The van der Waals surface area contributed by atoms with Crippen LogP contribution in [0.3, 0.4) is 0 Å². The minimum absolute atomic E-state index is 0.119. The van der Waals surface area contributed by atoms with Gasteiger partial charge in [0.15, 0.2) is 0 Å². The lowest BCUT2D eigenvalue weighted by molar-refractivity contribution is -0.142. The normalized spacial score (nSPS) is 9.62. The molecule has 0 N–H and O–H groups in total. The van der Waals surface area contributed by atoms with Gasteiger partial charge in [-0.1, -0.05) is 0 Å². The summed E-state index contributed by atoms with van der Waals surface area (Å²) in [6.45, 7) is 2.11. The predicted molar refractivity (Wildman–Crippen MR) is 71.9 cm³/mol. The van der Waals surface area contributed by atoms with Crippen LogP contribution in [0.4, 0.5) is 0 Å². The second-order valence-electron chi connectivity index (χ2n) is 2.98. The van der Waals surface area contributed by atoms with Gasteiger partial charge in [0.25, 0.3) is 0 Å². The van der Waals surface area contributed by atoms with Crippen LogP contribution >= 0.6 is 38.5 Å².